The Morgan fingerprint density at radius 3 is 2.92 bits per heavy atom. The second-order valence-corrected chi connectivity index (χ2v) is 5.99. The van der Waals surface area contributed by atoms with Crippen LogP contribution in [0.4, 0.5) is 11.5 Å². The average molecular weight is 326 g/mol. The lowest BCUT2D eigenvalue weighted by Crippen LogP contribution is -2.26. The van der Waals surface area contributed by atoms with Gasteiger partial charge in [-0.25, -0.2) is 9.97 Å². The molecule has 1 atom stereocenters. The van der Waals surface area contributed by atoms with E-state index in [1.54, 1.807) is 0 Å². The predicted molar refractivity (Wildman–Crippen MR) is 92.9 cm³/mol. The monoisotopic (exact) mass is 326 g/mol. The first-order chi connectivity index (χ1) is 11.6. The van der Waals surface area contributed by atoms with Crippen molar-refractivity contribution in [3.8, 4) is 0 Å². The number of nitrogens with zero attached hydrogens (tertiary/aromatic N) is 2. The summed E-state index contributed by atoms with van der Waals surface area (Å²) >= 11 is 0. The van der Waals surface area contributed by atoms with E-state index in [0.29, 0.717) is 13.2 Å². The van der Waals surface area contributed by atoms with E-state index in [2.05, 4.69) is 20.6 Å². The van der Waals surface area contributed by atoms with Crippen LogP contribution in [0, 0.1) is 13.8 Å². The highest BCUT2D eigenvalue weighted by molar-refractivity contribution is 5.94. The Morgan fingerprint density at radius 1 is 1.29 bits per heavy atom. The number of amides is 1. The quantitative estimate of drug-likeness (QED) is 0.883. The first kappa shape index (κ1) is 16.4. The molecule has 1 aliphatic rings. The van der Waals surface area contributed by atoms with Crippen LogP contribution in [-0.2, 0) is 16.1 Å². The molecule has 6 nitrogen and oxygen atoms in total. The third-order valence-electron chi connectivity index (χ3n) is 3.86. The zero-order valence-corrected chi connectivity index (χ0v) is 14.0. The molecular weight excluding hydrogens is 304 g/mol. The molecule has 3 rings (SSSR count). The molecule has 0 aliphatic carbocycles. The Balaban J connectivity index is 1.61. The number of anilines is 2. The van der Waals surface area contributed by atoms with Crippen molar-refractivity contribution in [2.75, 3.05) is 17.2 Å². The zero-order chi connectivity index (χ0) is 16.9. The summed E-state index contributed by atoms with van der Waals surface area (Å²) in [4.78, 5) is 20.7. The summed E-state index contributed by atoms with van der Waals surface area (Å²) in [6, 6.07) is 9.69. The van der Waals surface area contributed by atoms with Gasteiger partial charge in [-0.15, -0.1) is 0 Å². The van der Waals surface area contributed by atoms with Gasteiger partial charge in [-0.05, 0) is 44.4 Å². The number of nitrogens with one attached hydrogen (secondary N) is 2. The first-order valence-electron chi connectivity index (χ1n) is 8.18. The number of hydrogen-bond donors (Lipinski definition) is 2. The van der Waals surface area contributed by atoms with Crippen molar-refractivity contribution in [1.82, 2.24) is 9.97 Å². The fourth-order valence-corrected chi connectivity index (χ4v) is 2.77. The summed E-state index contributed by atoms with van der Waals surface area (Å²) in [5.41, 5.74) is 2.78. The maximum Gasteiger partial charge on any atom is 0.253 e. The summed E-state index contributed by atoms with van der Waals surface area (Å²) in [6.07, 6.45) is 1.41. The zero-order valence-electron chi connectivity index (χ0n) is 14.0. The van der Waals surface area contributed by atoms with E-state index in [1.807, 2.05) is 44.2 Å². The molecule has 2 N–H and O–H groups in total. The molecule has 0 unspecified atom stereocenters. The highest BCUT2D eigenvalue weighted by Gasteiger charge is 2.23. The summed E-state index contributed by atoms with van der Waals surface area (Å²) < 4.78 is 5.41. The third kappa shape index (κ3) is 4.29. The number of aryl methyl sites for hydroxylation is 2. The number of carbonyl (C=O) groups excluding carboxylic acids is 1. The van der Waals surface area contributed by atoms with E-state index in [0.717, 1.165) is 41.4 Å². The molecule has 0 spiro atoms. The Bertz CT molecular complexity index is 706. The van der Waals surface area contributed by atoms with Gasteiger partial charge in [0.2, 0.25) is 0 Å². The molecule has 2 aromatic rings. The number of carbonyl (C=O) groups is 1. The van der Waals surface area contributed by atoms with E-state index in [1.165, 1.54) is 0 Å². The van der Waals surface area contributed by atoms with Gasteiger partial charge in [0.1, 0.15) is 17.7 Å². The Hall–Kier alpha value is -2.47. The van der Waals surface area contributed by atoms with Crippen molar-refractivity contribution in [1.29, 1.82) is 0 Å². The van der Waals surface area contributed by atoms with Gasteiger partial charge >= 0.3 is 0 Å². The van der Waals surface area contributed by atoms with Gasteiger partial charge in [-0.3, -0.25) is 4.79 Å². The Kier molecular flexibility index (Phi) is 5.05. The predicted octanol–water partition coefficient (Wildman–Crippen LogP) is 2.82. The van der Waals surface area contributed by atoms with Crippen LogP contribution in [0.15, 0.2) is 30.3 Å². The number of aromatic nitrogens is 2. The van der Waals surface area contributed by atoms with Gasteiger partial charge in [0.15, 0.2) is 0 Å². The highest BCUT2D eigenvalue weighted by atomic mass is 16.5. The largest absolute Gasteiger partial charge is 0.368 e. The summed E-state index contributed by atoms with van der Waals surface area (Å²) in [7, 11) is 0. The molecule has 1 aromatic carbocycles. The minimum absolute atomic E-state index is 0.0698. The first-order valence-corrected chi connectivity index (χ1v) is 8.18. The van der Waals surface area contributed by atoms with Crippen molar-refractivity contribution in [3.63, 3.8) is 0 Å². The SMILES string of the molecule is Cc1cc(NCc2cccc(NC(=O)[C@H]3CCCO3)c2)nc(C)n1. The van der Waals surface area contributed by atoms with Crippen LogP contribution in [0.5, 0.6) is 0 Å². The molecular formula is C18H22N4O2. The number of hydrogen-bond acceptors (Lipinski definition) is 5. The maximum atomic E-state index is 12.1. The number of benzene rings is 1. The van der Waals surface area contributed by atoms with Gasteiger partial charge in [-0.1, -0.05) is 12.1 Å². The second kappa shape index (κ2) is 7.40. The van der Waals surface area contributed by atoms with Gasteiger partial charge in [-0.2, -0.15) is 0 Å². The fraction of sp³-hybridized carbons (Fsp3) is 0.389. The molecule has 1 saturated heterocycles. The standard InChI is InChI=1S/C18H22N4O2/c1-12-9-17(21-13(2)20-12)19-11-14-5-3-6-15(10-14)22-18(23)16-7-4-8-24-16/h3,5-6,9-10,16H,4,7-8,11H2,1-2H3,(H,22,23)(H,19,20,21)/t16-/m1/s1. The van der Waals surface area contributed by atoms with Crippen LogP contribution in [0.1, 0.15) is 29.9 Å². The fourth-order valence-electron chi connectivity index (χ4n) is 2.77. The summed E-state index contributed by atoms with van der Waals surface area (Å²) in [5.74, 6) is 1.48. The van der Waals surface area contributed by atoms with Crippen LogP contribution < -0.4 is 10.6 Å². The molecule has 24 heavy (non-hydrogen) atoms. The van der Waals surface area contributed by atoms with Gasteiger partial charge < -0.3 is 15.4 Å². The lowest BCUT2D eigenvalue weighted by molar-refractivity contribution is -0.124. The highest BCUT2D eigenvalue weighted by Crippen LogP contribution is 2.17. The van der Waals surface area contributed by atoms with Crippen molar-refractivity contribution in [2.24, 2.45) is 0 Å². The molecule has 6 heteroatoms. The minimum atomic E-state index is -0.321. The van der Waals surface area contributed by atoms with Crippen molar-refractivity contribution >= 4 is 17.4 Å². The molecule has 126 valence electrons. The lowest BCUT2D eigenvalue weighted by atomic mass is 10.2. The van der Waals surface area contributed by atoms with Crippen LogP contribution in [0.2, 0.25) is 0 Å². The van der Waals surface area contributed by atoms with E-state index in [-0.39, 0.29) is 12.0 Å². The Labute approximate surface area is 141 Å². The third-order valence-corrected chi connectivity index (χ3v) is 3.86. The van der Waals surface area contributed by atoms with E-state index >= 15 is 0 Å². The van der Waals surface area contributed by atoms with Gasteiger partial charge in [0, 0.05) is 30.6 Å². The Morgan fingerprint density at radius 2 is 2.17 bits per heavy atom. The second-order valence-electron chi connectivity index (χ2n) is 5.99. The molecule has 1 fully saturated rings. The van der Waals surface area contributed by atoms with Gasteiger partial charge in [0.25, 0.3) is 5.91 Å². The number of rotatable bonds is 5. The topological polar surface area (TPSA) is 76.1 Å². The number of ether oxygens (including phenoxy) is 1. The molecule has 2 heterocycles. The average Bonchev–Trinajstić information content (AvgIpc) is 3.07. The van der Waals surface area contributed by atoms with Crippen LogP contribution in [0.3, 0.4) is 0 Å². The van der Waals surface area contributed by atoms with Crippen LogP contribution >= 0.6 is 0 Å². The van der Waals surface area contributed by atoms with E-state index in [9.17, 15) is 4.79 Å². The van der Waals surface area contributed by atoms with E-state index < -0.39 is 0 Å². The summed E-state index contributed by atoms with van der Waals surface area (Å²) in [6.45, 7) is 5.11. The molecule has 0 bridgehead atoms. The normalized spacial score (nSPS) is 16.8. The smallest absolute Gasteiger partial charge is 0.253 e. The lowest BCUT2D eigenvalue weighted by Gasteiger charge is -2.12. The van der Waals surface area contributed by atoms with Crippen molar-refractivity contribution < 1.29 is 9.53 Å². The van der Waals surface area contributed by atoms with Crippen molar-refractivity contribution in [3.05, 3.63) is 47.4 Å². The van der Waals surface area contributed by atoms with Gasteiger partial charge in [0.05, 0.1) is 0 Å². The molecule has 0 radical (unpaired) electrons. The van der Waals surface area contributed by atoms with Crippen LogP contribution in [0.25, 0.3) is 0 Å². The molecule has 1 aliphatic heterocycles. The minimum Gasteiger partial charge on any atom is -0.368 e. The molecule has 1 aromatic heterocycles. The maximum absolute atomic E-state index is 12.1. The summed E-state index contributed by atoms with van der Waals surface area (Å²) in [5, 5.41) is 6.21. The van der Waals surface area contributed by atoms with E-state index in [4.69, 9.17) is 4.74 Å². The molecule has 1 amide bonds. The van der Waals surface area contributed by atoms with Crippen LogP contribution in [-0.4, -0.2) is 28.6 Å². The molecule has 0 saturated carbocycles. The van der Waals surface area contributed by atoms with Crippen molar-refractivity contribution in [2.45, 2.75) is 39.3 Å².